The van der Waals surface area contributed by atoms with Gasteiger partial charge >= 0.3 is 0 Å². The molecule has 0 radical (unpaired) electrons. The first kappa shape index (κ1) is 19.3. The molecule has 0 unspecified atom stereocenters. The molecule has 150 valence electrons. The van der Waals surface area contributed by atoms with Crippen LogP contribution in [0.25, 0.3) is 0 Å². The number of methoxy groups -OCH3 is 2. The Bertz CT molecular complexity index is 1030. The number of benzene rings is 1. The zero-order valence-corrected chi connectivity index (χ0v) is 17.7. The van der Waals surface area contributed by atoms with Crippen LogP contribution in [0.4, 0.5) is 5.69 Å². The fraction of sp³-hybridized carbons (Fsp3) is 0.273. The third kappa shape index (κ3) is 3.31. The summed E-state index contributed by atoms with van der Waals surface area (Å²) in [6, 6.07) is 15.7. The molecular formula is C22H24N4O2S. The van der Waals surface area contributed by atoms with Gasteiger partial charge in [0.05, 0.1) is 31.6 Å². The minimum absolute atomic E-state index is 0.0999. The number of pyridine rings is 1. The molecule has 7 heteroatoms. The third-order valence-electron chi connectivity index (χ3n) is 5.46. The molecular weight excluding hydrogens is 384 g/mol. The van der Waals surface area contributed by atoms with Crippen LogP contribution >= 0.6 is 12.2 Å². The van der Waals surface area contributed by atoms with Crippen LogP contribution in [-0.4, -0.2) is 28.9 Å². The Labute approximate surface area is 176 Å². The van der Waals surface area contributed by atoms with Crippen molar-refractivity contribution in [3.05, 3.63) is 71.8 Å². The normalized spacial score (nSPS) is 18.6. The lowest BCUT2D eigenvalue weighted by Gasteiger charge is -2.29. The summed E-state index contributed by atoms with van der Waals surface area (Å²) in [6.07, 6.45) is 1.81. The van der Waals surface area contributed by atoms with Crippen LogP contribution in [0.2, 0.25) is 0 Å². The summed E-state index contributed by atoms with van der Waals surface area (Å²) >= 11 is 5.80. The van der Waals surface area contributed by atoms with Gasteiger partial charge in [-0.15, -0.1) is 0 Å². The number of nitrogens with one attached hydrogen (secondary N) is 1. The van der Waals surface area contributed by atoms with Crippen molar-refractivity contribution in [3.63, 3.8) is 0 Å². The molecule has 0 amide bonds. The van der Waals surface area contributed by atoms with Crippen molar-refractivity contribution < 1.29 is 9.47 Å². The van der Waals surface area contributed by atoms with E-state index in [1.807, 2.05) is 42.6 Å². The summed E-state index contributed by atoms with van der Waals surface area (Å²) in [7, 11) is 5.39. The van der Waals surface area contributed by atoms with E-state index in [-0.39, 0.29) is 12.1 Å². The van der Waals surface area contributed by atoms with Crippen LogP contribution in [0.3, 0.4) is 0 Å². The van der Waals surface area contributed by atoms with Crippen LogP contribution in [-0.2, 0) is 7.05 Å². The Kier molecular flexibility index (Phi) is 5.15. The van der Waals surface area contributed by atoms with Crippen LogP contribution in [0.5, 0.6) is 11.5 Å². The summed E-state index contributed by atoms with van der Waals surface area (Å²) in [4.78, 5) is 6.70. The summed E-state index contributed by atoms with van der Waals surface area (Å²) in [5.74, 6) is 1.47. The van der Waals surface area contributed by atoms with Crippen molar-refractivity contribution in [3.8, 4) is 11.5 Å². The van der Waals surface area contributed by atoms with Gasteiger partial charge in [-0.25, -0.2) is 0 Å². The number of aromatic nitrogens is 2. The minimum atomic E-state index is -0.104. The molecule has 6 nitrogen and oxygen atoms in total. The first-order valence-electron chi connectivity index (χ1n) is 9.40. The molecule has 0 saturated carbocycles. The highest BCUT2D eigenvalue weighted by atomic mass is 32.1. The number of ether oxygens (including phenoxy) is 2. The SMILES string of the molecule is COc1ccc(OC)c(N2C(=S)N[C@@H](c3ccccn3)[C@@H]2c2ccc(C)n2C)c1. The van der Waals surface area contributed by atoms with Gasteiger partial charge < -0.3 is 24.3 Å². The van der Waals surface area contributed by atoms with Crippen LogP contribution in [0, 0.1) is 6.92 Å². The molecule has 1 N–H and O–H groups in total. The minimum Gasteiger partial charge on any atom is -0.497 e. The van der Waals surface area contributed by atoms with Gasteiger partial charge in [0.1, 0.15) is 17.5 Å². The number of anilines is 1. The molecule has 0 aliphatic carbocycles. The maximum absolute atomic E-state index is 5.80. The number of thiocarbonyl (C=S) groups is 1. The first-order valence-corrected chi connectivity index (χ1v) is 9.81. The van der Waals surface area contributed by atoms with Gasteiger partial charge in [-0.1, -0.05) is 6.07 Å². The summed E-state index contributed by atoms with van der Waals surface area (Å²) in [5, 5.41) is 4.10. The van der Waals surface area contributed by atoms with E-state index >= 15 is 0 Å². The molecule has 29 heavy (non-hydrogen) atoms. The Morgan fingerprint density at radius 2 is 1.90 bits per heavy atom. The van der Waals surface area contributed by atoms with Gasteiger partial charge in [0.15, 0.2) is 5.11 Å². The van der Waals surface area contributed by atoms with Crippen LogP contribution in [0.1, 0.15) is 29.2 Å². The van der Waals surface area contributed by atoms with E-state index in [0.29, 0.717) is 5.11 Å². The average molecular weight is 409 g/mol. The smallest absolute Gasteiger partial charge is 0.174 e. The van der Waals surface area contributed by atoms with Crippen molar-refractivity contribution in [1.82, 2.24) is 14.9 Å². The Morgan fingerprint density at radius 3 is 2.52 bits per heavy atom. The lowest BCUT2D eigenvalue weighted by Crippen LogP contribution is -2.30. The van der Waals surface area contributed by atoms with Crippen molar-refractivity contribution >= 4 is 23.0 Å². The Morgan fingerprint density at radius 1 is 1.07 bits per heavy atom. The average Bonchev–Trinajstić information content (AvgIpc) is 3.26. The van der Waals surface area contributed by atoms with E-state index in [1.54, 1.807) is 14.2 Å². The van der Waals surface area contributed by atoms with Crippen molar-refractivity contribution in [2.45, 2.75) is 19.0 Å². The maximum Gasteiger partial charge on any atom is 0.174 e. The van der Waals surface area contributed by atoms with E-state index in [4.69, 9.17) is 21.7 Å². The summed E-state index contributed by atoms with van der Waals surface area (Å²) in [5.41, 5.74) is 4.10. The second-order valence-electron chi connectivity index (χ2n) is 6.99. The quantitative estimate of drug-likeness (QED) is 0.646. The topological polar surface area (TPSA) is 51.6 Å². The Hall–Kier alpha value is -3.06. The Balaban J connectivity index is 1.90. The molecule has 3 heterocycles. The van der Waals surface area contributed by atoms with E-state index in [1.165, 1.54) is 5.69 Å². The third-order valence-corrected chi connectivity index (χ3v) is 5.77. The lowest BCUT2D eigenvalue weighted by atomic mass is 10.0. The molecule has 4 rings (SSSR count). The van der Waals surface area contributed by atoms with Crippen molar-refractivity contribution in [2.24, 2.45) is 7.05 Å². The number of hydrogen-bond donors (Lipinski definition) is 1. The lowest BCUT2D eigenvalue weighted by molar-refractivity contribution is 0.402. The fourth-order valence-corrected chi connectivity index (χ4v) is 4.17. The highest BCUT2D eigenvalue weighted by Gasteiger charge is 2.43. The van der Waals surface area contributed by atoms with E-state index in [9.17, 15) is 0 Å². The van der Waals surface area contributed by atoms with Gasteiger partial charge in [0, 0.05) is 30.7 Å². The molecule has 1 fully saturated rings. The molecule has 1 saturated heterocycles. The summed E-state index contributed by atoms with van der Waals surface area (Å²) in [6.45, 7) is 2.09. The molecule has 0 spiro atoms. The molecule has 1 aromatic carbocycles. The second-order valence-corrected chi connectivity index (χ2v) is 7.38. The van der Waals surface area contributed by atoms with Gasteiger partial charge in [-0.05, 0) is 55.5 Å². The van der Waals surface area contributed by atoms with Crippen LogP contribution < -0.4 is 19.7 Å². The number of hydrogen-bond acceptors (Lipinski definition) is 4. The molecule has 2 aromatic heterocycles. The van der Waals surface area contributed by atoms with Crippen molar-refractivity contribution in [1.29, 1.82) is 0 Å². The fourth-order valence-electron chi connectivity index (χ4n) is 3.83. The molecule has 1 aliphatic heterocycles. The zero-order chi connectivity index (χ0) is 20.5. The monoisotopic (exact) mass is 408 g/mol. The van der Waals surface area contributed by atoms with Gasteiger partial charge in [0.2, 0.25) is 0 Å². The number of nitrogens with zero attached hydrogens (tertiary/aromatic N) is 3. The first-order chi connectivity index (χ1) is 14.0. The van der Waals surface area contributed by atoms with Gasteiger partial charge in [0.25, 0.3) is 0 Å². The molecule has 3 aromatic rings. The van der Waals surface area contributed by atoms with E-state index in [0.717, 1.165) is 28.6 Å². The second kappa shape index (κ2) is 7.75. The predicted molar refractivity (Wildman–Crippen MR) is 118 cm³/mol. The zero-order valence-electron chi connectivity index (χ0n) is 16.9. The highest BCUT2D eigenvalue weighted by molar-refractivity contribution is 7.80. The van der Waals surface area contributed by atoms with E-state index in [2.05, 4.69) is 45.9 Å². The molecule has 2 atom stereocenters. The van der Waals surface area contributed by atoms with Gasteiger partial charge in [-0.2, -0.15) is 0 Å². The van der Waals surface area contributed by atoms with Crippen molar-refractivity contribution in [2.75, 3.05) is 19.1 Å². The number of aryl methyl sites for hydroxylation is 1. The summed E-state index contributed by atoms with van der Waals surface area (Å²) < 4.78 is 13.3. The number of rotatable bonds is 5. The standard InChI is InChI=1S/C22H24N4O2S/c1-14-8-10-17(25(14)2)21-20(16-7-5-6-12-23-16)24-22(29)26(21)18-13-15(27-3)9-11-19(18)28-4/h5-13,20-21H,1-4H3,(H,24,29)/t20-,21-/m0/s1. The molecule has 0 bridgehead atoms. The van der Waals surface area contributed by atoms with Crippen LogP contribution in [0.15, 0.2) is 54.7 Å². The highest BCUT2D eigenvalue weighted by Crippen LogP contribution is 2.45. The predicted octanol–water partition coefficient (Wildman–Crippen LogP) is 3.92. The largest absolute Gasteiger partial charge is 0.497 e. The maximum atomic E-state index is 5.80. The molecule has 1 aliphatic rings. The van der Waals surface area contributed by atoms with Gasteiger partial charge in [-0.3, -0.25) is 4.98 Å². The van der Waals surface area contributed by atoms with E-state index < -0.39 is 0 Å².